The molecular weight excluding hydrogens is 456 g/mol. The van der Waals surface area contributed by atoms with Gasteiger partial charge in [-0.1, -0.05) is 39.3 Å². The van der Waals surface area contributed by atoms with Crippen LogP contribution in [0.5, 0.6) is 0 Å². The number of ether oxygens (including phenoxy) is 1. The number of allylic oxidation sites excluding steroid dienone is 2. The Morgan fingerprint density at radius 3 is 2.33 bits per heavy atom. The van der Waals surface area contributed by atoms with Crippen LogP contribution in [0.25, 0.3) is 0 Å². The third-order valence-corrected chi connectivity index (χ3v) is 11.6. The van der Waals surface area contributed by atoms with Crippen LogP contribution in [0.15, 0.2) is 11.6 Å². The molecule has 0 bridgehead atoms. The lowest BCUT2D eigenvalue weighted by Crippen LogP contribution is -2.65. The largest absolute Gasteiger partial charge is 0.481 e. The SMILES string of the molecule is CC(=O)O[C@H]1C[C@@]2(C)C(CC(=O)C3[C@@]4(C)CC[C@@H](O)[C@@H](C)C4CC[C@@]32C)[C@H]1[C@@H](CC=C(C)C)C(=O)O. The number of carbonyl (C=O) groups is 3. The van der Waals surface area contributed by atoms with Crippen LogP contribution in [0.1, 0.15) is 93.4 Å². The summed E-state index contributed by atoms with van der Waals surface area (Å²) in [6.45, 7) is 14.2. The number of rotatable bonds is 5. The van der Waals surface area contributed by atoms with E-state index in [1.54, 1.807) is 0 Å². The van der Waals surface area contributed by atoms with E-state index in [9.17, 15) is 24.6 Å². The molecule has 11 atom stereocenters. The number of hydrogen-bond donors (Lipinski definition) is 2. The lowest BCUT2D eigenvalue weighted by atomic mass is 9.36. The monoisotopic (exact) mass is 502 g/mol. The number of fused-ring (bicyclic) bond motifs is 5. The predicted octanol–water partition coefficient (Wildman–Crippen LogP) is 5.42. The molecule has 4 aliphatic rings. The van der Waals surface area contributed by atoms with E-state index in [-0.39, 0.29) is 45.9 Å². The molecule has 0 aliphatic heterocycles. The highest BCUT2D eigenvalue weighted by Crippen LogP contribution is 2.74. The molecule has 0 spiro atoms. The second kappa shape index (κ2) is 9.25. The fraction of sp³-hybridized carbons (Fsp3) is 0.833. The molecule has 0 aromatic rings. The number of esters is 1. The standard InChI is InChI=1S/C30H46O6/c1-16(2)8-9-19(27(34)35)25-21-14-23(33)26-28(5)12-11-22(32)17(3)20(28)10-13-29(26,6)30(21,7)15-24(25)36-18(4)31/h8,17,19-22,24-26,32H,9-15H2,1-7H3,(H,34,35)/t17-,19+,20?,21?,22+,24-,25+,26?,28-,29-,30-/m0/s1. The molecule has 0 amide bonds. The summed E-state index contributed by atoms with van der Waals surface area (Å²) in [7, 11) is 0. The van der Waals surface area contributed by atoms with E-state index in [1.165, 1.54) is 6.92 Å². The zero-order chi connectivity index (χ0) is 26.8. The van der Waals surface area contributed by atoms with Crippen LogP contribution in [0.2, 0.25) is 0 Å². The molecule has 4 fully saturated rings. The number of aliphatic carboxylic acids is 1. The van der Waals surface area contributed by atoms with Crippen molar-refractivity contribution in [2.45, 2.75) is 106 Å². The summed E-state index contributed by atoms with van der Waals surface area (Å²) < 4.78 is 5.87. The van der Waals surface area contributed by atoms with E-state index in [2.05, 4.69) is 27.7 Å². The van der Waals surface area contributed by atoms with Gasteiger partial charge in [-0.25, -0.2) is 0 Å². The second-order valence-electron chi connectivity index (χ2n) is 13.6. The molecule has 0 saturated heterocycles. The number of aliphatic hydroxyl groups excluding tert-OH is 1. The third kappa shape index (κ3) is 3.97. The van der Waals surface area contributed by atoms with Crippen LogP contribution in [0.4, 0.5) is 0 Å². The molecular formula is C30H46O6. The summed E-state index contributed by atoms with van der Waals surface area (Å²) in [6.07, 6.45) is 5.83. The first-order chi connectivity index (χ1) is 16.7. The van der Waals surface area contributed by atoms with Crippen molar-refractivity contribution in [2.75, 3.05) is 0 Å². The lowest BCUT2D eigenvalue weighted by molar-refractivity contribution is -0.202. The first-order valence-corrected chi connectivity index (χ1v) is 13.9. The predicted molar refractivity (Wildman–Crippen MR) is 137 cm³/mol. The molecule has 0 heterocycles. The molecule has 4 rings (SSSR count). The Labute approximate surface area is 216 Å². The zero-order valence-electron chi connectivity index (χ0n) is 23.2. The maximum atomic E-state index is 14.2. The molecule has 6 heteroatoms. The third-order valence-electron chi connectivity index (χ3n) is 11.6. The van der Waals surface area contributed by atoms with Gasteiger partial charge >= 0.3 is 11.9 Å². The minimum absolute atomic E-state index is 0.127. The summed E-state index contributed by atoms with van der Waals surface area (Å²) in [5.41, 5.74) is 0.243. The number of aliphatic hydroxyl groups is 1. The van der Waals surface area contributed by atoms with Gasteiger partial charge in [0.2, 0.25) is 0 Å². The van der Waals surface area contributed by atoms with Crippen LogP contribution in [0, 0.1) is 51.8 Å². The number of hydrogen-bond acceptors (Lipinski definition) is 5. The number of carboxylic acid groups (broad SMARTS) is 1. The molecule has 0 radical (unpaired) electrons. The summed E-state index contributed by atoms with van der Waals surface area (Å²) in [4.78, 5) is 38.9. The molecule has 36 heavy (non-hydrogen) atoms. The summed E-state index contributed by atoms with van der Waals surface area (Å²) in [5, 5.41) is 20.9. The number of ketones is 1. The van der Waals surface area contributed by atoms with E-state index < -0.39 is 29.9 Å². The smallest absolute Gasteiger partial charge is 0.307 e. The van der Waals surface area contributed by atoms with Gasteiger partial charge in [0.15, 0.2) is 0 Å². The minimum Gasteiger partial charge on any atom is -0.481 e. The fourth-order valence-corrected chi connectivity index (χ4v) is 9.79. The average Bonchev–Trinajstić information content (AvgIpc) is 3.03. The highest BCUT2D eigenvalue weighted by Gasteiger charge is 2.72. The van der Waals surface area contributed by atoms with Crippen molar-refractivity contribution in [1.29, 1.82) is 0 Å². The van der Waals surface area contributed by atoms with Crippen molar-refractivity contribution in [3.05, 3.63) is 11.6 Å². The van der Waals surface area contributed by atoms with Crippen LogP contribution in [-0.2, 0) is 19.1 Å². The molecule has 4 saturated carbocycles. The maximum Gasteiger partial charge on any atom is 0.307 e. The summed E-state index contributed by atoms with van der Waals surface area (Å²) >= 11 is 0. The minimum atomic E-state index is -0.885. The zero-order valence-corrected chi connectivity index (χ0v) is 23.2. The van der Waals surface area contributed by atoms with E-state index in [1.807, 2.05) is 19.9 Å². The molecule has 0 aromatic heterocycles. The quantitative estimate of drug-likeness (QED) is 0.385. The van der Waals surface area contributed by atoms with Gasteiger partial charge in [0.25, 0.3) is 0 Å². The fourth-order valence-electron chi connectivity index (χ4n) is 9.79. The van der Waals surface area contributed by atoms with E-state index in [4.69, 9.17) is 4.74 Å². The van der Waals surface area contributed by atoms with Crippen molar-refractivity contribution >= 4 is 17.7 Å². The van der Waals surface area contributed by atoms with Gasteiger partial charge in [-0.3, -0.25) is 14.4 Å². The van der Waals surface area contributed by atoms with Crippen molar-refractivity contribution < 1.29 is 29.3 Å². The number of carboxylic acids is 1. The van der Waals surface area contributed by atoms with Crippen LogP contribution >= 0.6 is 0 Å². The van der Waals surface area contributed by atoms with Crippen LogP contribution < -0.4 is 0 Å². The molecule has 6 nitrogen and oxygen atoms in total. The maximum absolute atomic E-state index is 14.2. The Morgan fingerprint density at radius 1 is 1.08 bits per heavy atom. The van der Waals surface area contributed by atoms with E-state index in [0.717, 1.165) is 31.3 Å². The Kier molecular flexibility index (Phi) is 7.03. The Bertz CT molecular complexity index is 951. The first kappa shape index (κ1) is 27.3. The Hall–Kier alpha value is -1.69. The van der Waals surface area contributed by atoms with E-state index >= 15 is 0 Å². The van der Waals surface area contributed by atoms with Gasteiger partial charge in [0.1, 0.15) is 11.9 Å². The topological polar surface area (TPSA) is 101 Å². The Balaban J connectivity index is 1.79. The van der Waals surface area contributed by atoms with Crippen LogP contribution in [-0.4, -0.2) is 40.1 Å². The molecule has 0 aromatic carbocycles. The van der Waals surface area contributed by atoms with E-state index in [0.29, 0.717) is 25.2 Å². The normalized spacial score (nSPS) is 46.7. The number of Topliss-reactive ketones (excluding diaryl/α,β-unsaturated/α-hetero) is 1. The van der Waals surface area contributed by atoms with Gasteiger partial charge in [-0.05, 0) is 86.4 Å². The highest BCUT2D eigenvalue weighted by molar-refractivity contribution is 5.85. The molecule has 202 valence electrons. The van der Waals surface area contributed by atoms with Gasteiger partial charge in [-0.15, -0.1) is 0 Å². The highest BCUT2D eigenvalue weighted by atomic mass is 16.5. The molecule has 2 N–H and O–H groups in total. The molecule has 4 aliphatic carbocycles. The van der Waals surface area contributed by atoms with Gasteiger partial charge in [-0.2, -0.15) is 0 Å². The number of carbonyl (C=O) groups excluding carboxylic acids is 2. The molecule has 3 unspecified atom stereocenters. The van der Waals surface area contributed by atoms with Gasteiger partial charge in [0, 0.05) is 25.2 Å². The van der Waals surface area contributed by atoms with Gasteiger partial charge in [0.05, 0.1) is 12.0 Å². The summed E-state index contributed by atoms with van der Waals surface area (Å²) in [5.74, 6) is -1.94. The summed E-state index contributed by atoms with van der Waals surface area (Å²) in [6, 6.07) is 0. The lowest BCUT2D eigenvalue weighted by Gasteiger charge is -2.67. The van der Waals surface area contributed by atoms with Crippen molar-refractivity contribution in [2.24, 2.45) is 51.8 Å². The van der Waals surface area contributed by atoms with Crippen LogP contribution in [0.3, 0.4) is 0 Å². The van der Waals surface area contributed by atoms with Gasteiger partial charge < -0.3 is 14.9 Å². The average molecular weight is 503 g/mol. The first-order valence-electron chi connectivity index (χ1n) is 13.9. The van der Waals surface area contributed by atoms with Crippen molar-refractivity contribution in [3.63, 3.8) is 0 Å². The Morgan fingerprint density at radius 2 is 1.75 bits per heavy atom. The second-order valence-corrected chi connectivity index (χ2v) is 13.6. The van der Waals surface area contributed by atoms with Crippen molar-refractivity contribution in [3.8, 4) is 0 Å². The van der Waals surface area contributed by atoms with Crippen molar-refractivity contribution in [1.82, 2.24) is 0 Å².